The lowest BCUT2D eigenvalue weighted by molar-refractivity contribution is -0.160. The molecule has 2 aromatic carbocycles. The molecule has 198 valence electrons. The van der Waals surface area contributed by atoms with Crippen LogP contribution in [-0.2, 0) is 14.0 Å². The number of esters is 1. The predicted octanol–water partition coefficient (Wildman–Crippen LogP) is 7.56. The quantitative estimate of drug-likeness (QED) is 0.150. The molecule has 1 aliphatic rings. The van der Waals surface area contributed by atoms with Gasteiger partial charge in [-0.1, -0.05) is 140 Å². The summed E-state index contributed by atoms with van der Waals surface area (Å²) in [5.74, 6) is -0.0711. The monoisotopic (exact) mass is 508 g/mol. The molecule has 0 bridgehead atoms. The van der Waals surface area contributed by atoms with Crippen molar-refractivity contribution in [3.8, 4) is 0 Å². The second-order valence-electron chi connectivity index (χ2n) is 11.5. The molecule has 1 fully saturated rings. The van der Waals surface area contributed by atoms with Gasteiger partial charge in [-0.2, -0.15) is 0 Å². The Labute approximate surface area is 221 Å². The molecule has 0 amide bonds. The van der Waals surface area contributed by atoms with Crippen molar-refractivity contribution in [1.82, 2.24) is 0 Å². The lowest BCUT2D eigenvalue weighted by Gasteiger charge is -2.46. The lowest BCUT2D eigenvalue weighted by Crippen LogP contribution is -2.68. The summed E-state index contributed by atoms with van der Waals surface area (Å²) in [5.41, 5.74) is 0. The van der Waals surface area contributed by atoms with Crippen molar-refractivity contribution in [2.45, 2.75) is 122 Å². The normalized spacial score (nSPS) is 17.6. The van der Waals surface area contributed by atoms with Crippen LogP contribution in [-0.4, -0.2) is 26.5 Å². The van der Waals surface area contributed by atoms with Crippen molar-refractivity contribution in [3.63, 3.8) is 0 Å². The molecular formula is C32H48O3Si. The molecule has 1 saturated heterocycles. The van der Waals surface area contributed by atoms with E-state index in [9.17, 15) is 4.79 Å². The molecule has 4 heteroatoms. The Kier molecular flexibility index (Phi) is 11.3. The van der Waals surface area contributed by atoms with Crippen molar-refractivity contribution < 1.29 is 14.0 Å². The summed E-state index contributed by atoms with van der Waals surface area (Å²) in [5, 5.41) is 2.48. The van der Waals surface area contributed by atoms with E-state index in [1.165, 1.54) is 55.3 Å². The van der Waals surface area contributed by atoms with Gasteiger partial charge in [0.15, 0.2) is 0 Å². The van der Waals surface area contributed by atoms with Crippen molar-refractivity contribution in [1.29, 1.82) is 0 Å². The summed E-state index contributed by atoms with van der Waals surface area (Å²) in [7, 11) is -2.70. The number of cyclic esters (lactones) is 1. The number of hydrogen-bond donors (Lipinski definition) is 0. The maximum atomic E-state index is 12.3. The van der Waals surface area contributed by atoms with Gasteiger partial charge in [0.1, 0.15) is 6.10 Å². The largest absolute Gasteiger partial charge is 0.460 e. The van der Waals surface area contributed by atoms with Crippen LogP contribution in [0.1, 0.15) is 105 Å². The predicted molar refractivity (Wildman–Crippen MR) is 153 cm³/mol. The van der Waals surface area contributed by atoms with Crippen LogP contribution in [0.4, 0.5) is 0 Å². The summed E-state index contributed by atoms with van der Waals surface area (Å²) < 4.78 is 13.4. The molecule has 0 N–H and O–H groups in total. The number of ether oxygens (including phenoxy) is 1. The minimum atomic E-state index is -2.70. The first-order valence-corrected chi connectivity index (χ1v) is 16.3. The standard InChI is InChI=1S/C32H48O3Si/c1-5-6-7-8-9-10-11-18-24-30(29-25-19-26-31(33)34-29)35-36(32(2,3)4,27-20-14-12-15-21-27)28-22-16-13-17-23-28/h12-17,20-23,29-30H,5-11,18-19,24-26H2,1-4H3/t29-,30+/m1/s1. The molecule has 1 heterocycles. The van der Waals surface area contributed by atoms with Crippen LogP contribution >= 0.6 is 0 Å². The van der Waals surface area contributed by atoms with E-state index in [1.54, 1.807) is 0 Å². The summed E-state index contributed by atoms with van der Waals surface area (Å²) in [6.45, 7) is 9.22. The highest BCUT2D eigenvalue weighted by Crippen LogP contribution is 2.39. The van der Waals surface area contributed by atoms with Gasteiger partial charge in [-0.05, 0) is 34.7 Å². The van der Waals surface area contributed by atoms with Crippen molar-refractivity contribution in [2.75, 3.05) is 0 Å². The summed E-state index contributed by atoms with van der Waals surface area (Å²) in [6, 6.07) is 21.6. The molecular weight excluding hydrogens is 460 g/mol. The molecule has 0 aliphatic carbocycles. The highest BCUT2D eigenvalue weighted by molar-refractivity contribution is 6.99. The average Bonchev–Trinajstić information content (AvgIpc) is 2.88. The fourth-order valence-corrected chi connectivity index (χ4v) is 10.5. The van der Waals surface area contributed by atoms with E-state index in [-0.39, 0.29) is 23.2 Å². The first kappa shape index (κ1) is 28.7. The van der Waals surface area contributed by atoms with E-state index in [0.29, 0.717) is 6.42 Å². The van der Waals surface area contributed by atoms with Crippen LogP contribution in [0.5, 0.6) is 0 Å². The zero-order chi connectivity index (χ0) is 25.9. The Balaban J connectivity index is 1.87. The molecule has 2 atom stereocenters. The molecule has 0 saturated carbocycles. The summed E-state index contributed by atoms with van der Waals surface area (Å²) in [6.07, 6.45) is 13.3. The minimum absolute atomic E-state index is 0.0711. The van der Waals surface area contributed by atoms with E-state index in [1.807, 2.05) is 0 Å². The number of benzene rings is 2. The third kappa shape index (κ3) is 7.55. The fourth-order valence-electron chi connectivity index (χ4n) is 5.71. The maximum absolute atomic E-state index is 12.3. The first-order chi connectivity index (χ1) is 17.4. The van der Waals surface area contributed by atoms with Crippen LogP contribution in [0.25, 0.3) is 0 Å². The molecule has 0 radical (unpaired) electrons. The van der Waals surface area contributed by atoms with Gasteiger partial charge >= 0.3 is 5.97 Å². The van der Waals surface area contributed by atoms with Crippen molar-refractivity contribution in [3.05, 3.63) is 60.7 Å². The number of unbranched alkanes of at least 4 members (excludes halogenated alkanes) is 7. The van der Waals surface area contributed by atoms with Crippen LogP contribution in [0.3, 0.4) is 0 Å². The third-order valence-corrected chi connectivity index (χ3v) is 12.7. The molecule has 1 aliphatic heterocycles. The van der Waals surface area contributed by atoms with Gasteiger partial charge in [0, 0.05) is 6.42 Å². The highest BCUT2D eigenvalue weighted by atomic mass is 28.4. The Bertz CT molecular complexity index is 851. The van der Waals surface area contributed by atoms with Crippen LogP contribution in [0.2, 0.25) is 5.04 Å². The Morgan fingerprint density at radius 2 is 1.39 bits per heavy atom. The number of carbonyl (C=O) groups excluding carboxylic acids is 1. The number of carbonyl (C=O) groups is 1. The van der Waals surface area contributed by atoms with Gasteiger partial charge in [0.05, 0.1) is 6.10 Å². The van der Waals surface area contributed by atoms with Crippen molar-refractivity contribution in [2.24, 2.45) is 0 Å². The third-order valence-electron chi connectivity index (χ3n) is 7.65. The first-order valence-electron chi connectivity index (χ1n) is 14.4. The zero-order valence-electron chi connectivity index (χ0n) is 23.1. The zero-order valence-corrected chi connectivity index (χ0v) is 24.1. The van der Waals surface area contributed by atoms with E-state index >= 15 is 0 Å². The van der Waals surface area contributed by atoms with Gasteiger partial charge in [0.2, 0.25) is 0 Å². The van der Waals surface area contributed by atoms with Gasteiger partial charge in [-0.25, -0.2) is 0 Å². The van der Waals surface area contributed by atoms with Crippen molar-refractivity contribution >= 4 is 24.7 Å². The highest BCUT2D eigenvalue weighted by Gasteiger charge is 2.52. The van der Waals surface area contributed by atoms with E-state index in [0.717, 1.165) is 25.7 Å². The Morgan fingerprint density at radius 3 is 1.89 bits per heavy atom. The smallest absolute Gasteiger partial charge is 0.306 e. The van der Waals surface area contributed by atoms with Gasteiger partial charge in [-0.15, -0.1) is 0 Å². The second kappa shape index (κ2) is 14.1. The average molecular weight is 509 g/mol. The molecule has 2 aromatic rings. The molecule has 36 heavy (non-hydrogen) atoms. The lowest BCUT2D eigenvalue weighted by atomic mass is 9.99. The van der Waals surface area contributed by atoms with E-state index in [2.05, 4.69) is 88.4 Å². The van der Waals surface area contributed by atoms with Crippen LogP contribution < -0.4 is 10.4 Å². The van der Waals surface area contributed by atoms with E-state index in [4.69, 9.17) is 9.16 Å². The molecule has 3 rings (SSSR count). The molecule has 3 nitrogen and oxygen atoms in total. The van der Waals surface area contributed by atoms with E-state index < -0.39 is 8.32 Å². The SMILES string of the molecule is CCCCCCCCCC[C@H](O[Si](c1ccccc1)(c1ccccc1)C(C)(C)C)[C@H]1CCCC(=O)O1. The summed E-state index contributed by atoms with van der Waals surface area (Å²) >= 11 is 0. The van der Waals surface area contributed by atoms with Crippen LogP contribution in [0, 0.1) is 0 Å². The molecule has 0 aromatic heterocycles. The Hall–Kier alpha value is -1.91. The molecule has 0 spiro atoms. The summed E-state index contributed by atoms with van der Waals surface area (Å²) in [4.78, 5) is 12.3. The fraction of sp³-hybridized carbons (Fsp3) is 0.594. The number of rotatable bonds is 14. The Morgan fingerprint density at radius 1 is 0.861 bits per heavy atom. The number of hydrogen-bond acceptors (Lipinski definition) is 3. The minimum Gasteiger partial charge on any atom is -0.460 e. The topological polar surface area (TPSA) is 35.5 Å². The van der Waals surface area contributed by atoms with Crippen LogP contribution in [0.15, 0.2) is 60.7 Å². The van der Waals surface area contributed by atoms with Gasteiger partial charge in [0.25, 0.3) is 8.32 Å². The van der Waals surface area contributed by atoms with Gasteiger partial charge in [-0.3, -0.25) is 4.79 Å². The maximum Gasteiger partial charge on any atom is 0.306 e. The van der Waals surface area contributed by atoms with Gasteiger partial charge < -0.3 is 9.16 Å². The molecule has 0 unspecified atom stereocenters. The second-order valence-corrected chi connectivity index (χ2v) is 15.8.